The summed E-state index contributed by atoms with van der Waals surface area (Å²) in [6, 6.07) is 4.25. The lowest BCUT2D eigenvalue weighted by Gasteiger charge is -2.17. The molecular weight excluding hydrogens is 313 g/mol. The topological polar surface area (TPSA) is 93.9 Å². The van der Waals surface area contributed by atoms with Gasteiger partial charge in [-0.05, 0) is 18.2 Å². The molecule has 2 aromatic heterocycles. The van der Waals surface area contributed by atoms with Gasteiger partial charge in [-0.1, -0.05) is 0 Å². The van der Waals surface area contributed by atoms with E-state index in [1.54, 1.807) is 19.3 Å². The van der Waals surface area contributed by atoms with Crippen molar-refractivity contribution in [2.24, 2.45) is 0 Å². The van der Waals surface area contributed by atoms with Gasteiger partial charge in [-0.15, -0.1) is 0 Å². The third-order valence-corrected chi connectivity index (χ3v) is 3.71. The second-order valence-corrected chi connectivity index (χ2v) is 5.36. The van der Waals surface area contributed by atoms with Crippen LogP contribution < -0.4 is 5.32 Å². The average molecular weight is 329 g/mol. The molecule has 2 amide bonds. The first-order chi connectivity index (χ1) is 11.6. The van der Waals surface area contributed by atoms with E-state index in [9.17, 15) is 14.0 Å². The Morgan fingerprint density at radius 1 is 1.33 bits per heavy atom. The highest BCUT2D eigenvalue weighted by atomic mass is 19.1. The number of amides is 2. The van der Waals surface area contributed by atoms with Gasteiger partial charge >= 0.3 is 0 Å². The molecule has 0 atom stereocenters. The number of benzene rings is 1. The van der Waals surface area contributed by atoms with E-state index in [1.165, 1.54) is 29.4 Å². The Morgan fingerprint density at radius 3 is 2.92 bits per heavy atom. The molecule has 0 fully saturated rings. The van der Waals surface area contributed by atoms with E-state index >= 15 is 0 Å². The van der Waals surface area contributed by atoms with Crippen LogP contribution in [0.15, 0.2) is 36.8 Å². The molecule has 7 nitrogen and oxygen atoms in total. The number of carbonyl (C=O) groups excluding carboxylic acids is 2. The van der Waals surface area contributed by atoms with Crippen LogP contribution in [-0.4, -0.2) is 52.0 Å². The first-order valence-corrected chi connectivity index (χ1v) is 7.35. The fourth-order valence-corrected chi connectivity index (χ4v) is 2.39. The van der Waals surface area contributed by atoms with E-state index < -0.39 is 5.82 Å². The molecule has 0 aliphatic carbocycles. The van der Waals surface area contributed by atoms with Crippen LogP contribution in [0.25, 0.3) is 10.9 Å². The minimum Gasteiger partial charge on any atom is -0.360 e. The maximum atomic E-state index is 13.4. The van der Waals surface area contributed by atoms with Crippen molar-refractivity contribution < 1.29 is 14.0 Å². The molecule has 0 aliphatic rings. The Balaban J connectivity index is 1.62. The van der Waals surface area contributed by atoms with Crippen molar-refractivity contribution in [2.45, 2.75) is 0 Å². The Kier molecular flexibility index (Phi) is 4.28. The summed E-state index contributed by atoms with van der Waals surface area (Å²) in [6.45, 7) is 0.618. The fraction of sp³-hybridized carbons (Fsp3) is 0.188. The summed E-state index contributed by atoms with van der Waals surface area (Å²) in [4.78, 5) is 28.7. The van der Waals surface area contributed by atoms with E-state index in [4.69, 9.17) is 0 Å². The number of aromatic amines is 2. The largest absolute Gasteiger partial charge is 0.360 e. The molecule has 8 heteroatoms. The van der Waals surface area contributed by atoms with Gasteiger partial charge in [0.2, 0.25) is 0 Å². The standard InChI is InChI=1S/C16H16FN5O2/c1-22(5-4-18-15(23)10-7-20-21-8-10)16(24)13-9-19-14-3-2-11(17)6-12(13)14/h2-3,6-9,19H,4-5H2,1H3,(H,18,23)(H,20,21). The van der Waals surface area contributed by atoms with Crippen LogP contribution in [-0.2, 0) is 0 Å². The molecule has 3 aromatic rings. The molecule has 0 spiro atoms. The normalized spacial score (nSPS) is 10.8. The van der Waals surface area contributed by atoms with Gasteiger partial charge in [0.05, 0.1) is 17.3 Å². The molecule has 24 heavy (non-hydrogen) atoms. The van der Waals surface area contributed by atoms with Gasteiger partial charge in [0, 0.05) is 43.4 Å². The van der Waals surface area contributed by atoms with Crippen molar-refractivity contribution in [3.05, 3.63) is 53.7 Å². The second kappa shape index (κ2) is 6.53. The molecule has 0 saturated heterocycles. The van der Waals surface area contributed by atoms with Gasteiger partial charge in [-0.2, -0.15) is 5.10 Å². The maximum absolute atomic E-state index is 13.4. The fourth-order valence-electron chi connectivity index (χ4n) is 2.39. The highest BCUT2D eigenvalue weighted by Crippen LogP contribution is 2.20. The molecule has 1 aromatic carbocycles. The summed E-state index contributed by atoms with van der Waals surface area (Å²) in [5.41, 5.74) is 1.52. The molecule has 0 radical (unpaired) electrons. The van der Waals surface area contributed by atoms with Crippen LogP contribution in [0.5, 0.6) is 0 Å². The molecule has 2 heterocycles. The van der Waals surface area contributed by atoms with Crippen molar-refractivity contribution in [3.8, 4) is 0 Å². The number of likely N-dealkylation sites (N-methyl/N-ethyl adjacent to an activating group) is 1. The summed E-state index contributed by atoms with van der Waals surface area (Å²) in [7, 11) is 1.63. The molecule has 3 rings (SSSR count). The average Bonchev–Trinajstić information content (AvgIpc) is 3.23. The van der Waals surface area contributed by atoms with Gasteiger partial charge in [0.15, 0.2) is 0 Å². The Morgan fingerprint density at radius 2 is 2.17 bits per heavy atom. The number of halogens is 1. The van der Waals surface area contributed by atoms with Crippen molar-refractivity contribution in [2.75, 3.05) is 20.1 Å². The summed E-state index contributed by atoms with van der Waals surface area (Å²) in [6.07, 6.45) is 4.47. The molecule has 0 unspecified atom stereocenters. The van der Waals surface area contributed by atoms with Crippen LogP contribution in [0.3, 0.4) is 0 Å². The first kappa shape index (κ1) is 15.7. The molecule has 124 valence electrons. The van der Waals surface area contributed by atoms with Gasteiger partial charge in [-0.3, -0.25) is 14.7 Å². The van der Waals surface area contributed by atoms with Gasteiger partial charge in [0.1, 0.15) is 5.82 Å². The van der Waals surface area contributed by atoms with Crippen LogP contribution >= 0.6 is 0 Å². The van der Waals surface area contributed by atoms with E-state index in [1.807, 2.05) is 0 Å². The number of nitrogens with zero attached hydrogens (tertiary/aromatic N) is 2. The lowest BCUT2D eigenvalue weighted by atomic mass is 10.1. The SMILES string of the molecule is CN(CCNC(=O)c1cn[nH]c1)C(=O)c1c[nH]c2ccc(F)cc12. The van der Waals surface area contributed by atoms with Crippen molar-refractivity contribution in [3.63, 3.8) is 0 Å². The zero-order chi connectivity index (χ0) is 17.1. The maximum Gasteiger partial charge on any atom is 0.255 e. The summed E-state index contributed by atoms with van der Waals surface area (Å²) in [5.74, 6) is -0.908. The minimum absolute atomic E-state index is 0.246. The molecule has 0 aliphatic heterocycles. The predicted molar refractivity (Wildman–Crippen MR) is 86.1 cm³/mol. The lowest BCUT2D eigenvalue weighted by Crippen LogP contribution is -2.36. The van der Waals surface area contributed by atoms with E-state index in [0.29, 0.717) is 35.1 Å². The minimum atomic E-state index is -0.397. The van der Waals surface area contributed by atoms with Gasteiger partial charge in [-0.25, -0.2) is 4.39 Å². The third-order valence-electron chi connectivity index (χ3n) is 3.71. The lowest BCUT2D eigenvalue weighted by molar-refractivity contribution is 0.0789. The molecule has 0 saturated carbocycles. The van der Waals surface area contributed by atoms with Crippen molar-refractivity contribution in [1.29, 1.82) is 0 Å². The number of H-pyrrole nitrogens is 2. The quantitative estimate of drug-likeness (QED) is 0.662. The van der Waals surface area contributed by atoms with Crippen LogP contribution in [0.2, 0.25) is 0 Å². The summed E-state index contributed by atoms with van der Waals surface area (Å²) < 4.78 is 13.4. The number of fused-ring (bicyclic) bond motifs is 1. The Labute approximate surface area is 136 Å². The highest BCUT2D eigenvalue weighted by molar-refractivity contribution is 6.06. The number of aromatic nitrogens is 3. The molecular formula is C16H16FN5O2. The summed E-state index contributed by atoms with van der Waals surface area (Å²) in [5, 5.41) is 9.50. The molecule has 3 N–H and O–H groups in total. The zero-order valence-electron chi connectivity index (χ0n) is 13.0. The summed E-state index contributed by atoms with van der Waals surface area (Å²) >= 11 is 0. The van der Waals surface area contributed by atoms with E-state index in [-0.39, 0.29) is 11.8 Å². The second-order valence-electron chi connectivity index (χ2n) is 5.36. The van der Waals surface area contributed by atoms with Gasteiger partial charge < -0.3 is 15.2 Å². The van der Waals surface area contributed by atoms with Crippen molar-refractivity contribution >= 4 is 22.7 Å². The van der Waals surface area contributed by atoms with Crippen molar-refractivity contribution in [1.82, 2.24) is 25.4 Å². The van der Waals surface area contributed by atoms with E-state index in [0.717, 1.165) is 0 Å². The third kappa shape index (κ3) is 3.12. The number of carbonyl (C=O) groups is 2. The number of rotatable bonds is 5. The van der Waals surface area contributed by atoms with Crippen LogP contribution in [0.1, 0.15) is 20.7 Å². The highest BCUT2D eigenvalue weighted by Gasteiger charge is 2.17. The predicted octanol–water partition coefficient (Wildman–Crippen LogP) is 1.53. The number of hydrogen-bond donors (Lipinski definition) is 3. The monoisotopic (exact) mass is 329 g/mol. The number of hydrogen-bond acceptors (Lipinski definition) is 3. The smallest absolute Gasteiger partial charge is 0.255 e. The van der Waals surface area contributed by atoms with Gasteiger partial charge in [0.25, 0.3) is 11.8 Å². The van der Waals surface area contributed by atoms with Crippen LogP contribution in [0.4, 0.5) is 4.39 Å². The number of nitrogens with one attached hydrogen (secondary N) is 3. The Bertz CT molecular complexity index is 872. The molecule has 0 bridgehead atoms. The Hall–Kier alpha value is -3.16. The van der Waals surface area contributed by atoms with E-state index in [2.05, 4.69) is 20.5 Å². The first-order valence-electron chi connectivity index (χ1n) is 7.35. The van der Waals surface area contributed by atoms with Crippen LogP contribution in [0, 0.1) is 5.82 Å². The zero-order valence-corrected chi connectivity index (χ0v) is 13.0.